The molecular weight excluding hydrogens is 283 g/mol. The SMILES string of the molecule is NCCCN(c1cccc(F)c1)S(=O)(=O)c1ccn[nH]1. The molecule has 0 aliphatic rings. The minimum absolute atomic E-state index is 0.0428. The van der Waals surface area contributed by atoms with Gasteiger partial charge >= 0.3 is 0 Å². The van der Waals surface area contributed by atoms with Gasteiger partial charge in [0, 0.05) is 6.54 Å². The van der Waals surface area contributed by atoms with E-state index in [4.69, 9.17) is 5.73 Å². The number of hydrogen-bond acceptors (Lipinski definition) is 4. The van der Waals surface area contributed by atoms with E-state index < -0.39 is 15.8 Å². The maximum absolute atomic E-state index is 13.3. The number of halogens is 1. The van der Waals surface area contributed by atoms with Crippen molar-refractivity contribution in [1.82, 2.24) is 10.2 Å². The minimum Gasteiger partial charge on any atom is -0.330 e. The van der Waals surface area contributed by atoms with E-state index in [9.17, 15) is 12.8 Å². The molecule has 1 aromatic carbocycles. The van der Waals surface area contributed by atoms with Crippen LogP contribution in [0.3, 0.4) is 0 Å². The number of benzene rings is 1. The van der Waals surface area contributed by atoms with Crippen molar-refractivity contribution < 1.29 is 12.8 Å². The molecule has 1 aromatic heterocycles. The number of sulfonamides is 1. The van der Waals surface area contributed by atoms with Crippen molar-refractivity contribution in [3.8, 4) is 0 Å². The van der Waals surface area contributed by atoms with Crippen LogP contribution in [-0.2, 0) is 10.0 Å². The Morgan fingerprint density at radius 2 is 2.15 bits per heavy atom. The maximum atomic E-state index is 13.3. The molecule has 0 saturated carbocycles. The Balaban J connectivity index is 2.43. The van der Waals surface area contributed by atoms with Crippen molar-refractivity contribution in [3.63, 3.8) is 0 Å². The fraction of sp³-hybridized carbons (Fsp3) is 0.250. The van der Waals surface area contributed by atoms with E-state index in [2.05, 4.69) is 10.2 Å². The zero-order chi connectivity index (χ0) is 14.6. The van der Waals surface area contributed by atoms with Crippen molar-refractivity contribution in [2.75, 3.05) is 17.4 Å². The lowest BCUT2D eigenvalue weighted by Crippen LogP contribution is -2.33. The Hall–Kier alpha value is -1.93. The molecule has 0 aliphatic heterocycles. The molecule has 0 fully saturated rings. The van der Waals surface area contributed by atoms with E-state index in [1.807, 2.05) is 0 Å². The average molecular weight is 298 g/mol. The highest BCUT2D eigenvalue weighted by atomic mass is 32.2. The van der Waals surface area contributed by atoms with Gasteiger partial charge in [-0.2, -0.15) is 13.5 Å². The number of H-pyrrole nitrogens is 1. The molecule has 0 atom stereocenters. The number of aromatic amines is 1. The summed E-state index contributed by atoms with van der Waals surface area (Å²) in [6.45, 7) is 0.506. The number of nitrogens with zero attached hydrogens (tertiary/aromatic N) is 2. The van der Waals surface area contributed by atoms with Gasteiger partial charge in [-0.1, -0.05) is 6.07 Å². The van der Waals surface area contributed by atoms with Crippen LogP contribution >= 0.6 is 0 Å². The number of rotatable bonds is 6. The molecule has 0 amide bonds. The fourth-order valence-corrected chi connectivity index (χ4v) is 3.16. The molecular formula is C12H15FN4O2S. The van der Waals surface area contributed by atoms with Crippen molar-refractivity contribution >= 4 is 15.7 Å². The lowest BCUT2D eigenvalue weighted by atomic mass is 10.3. The molecule has 8 heteroatoms. The second-order valence-corrected chi connectivity index (χ2v) is 5.95. The van der Waals surface area contributed by atoms with E-state index in [-0.39, 0.29) is 17.3 Å². The number of hydrogen-bond donors (Lipinski definition) is 2. The smallest absolute Gasteiger partial charge is 0.281 e. The van der Waals surface area contributed by atoms with Crippen LogP contribution in [0.4, 0.5) is 10.1 Å². The monoisotopic (exact) mass is 298 g/mol. The van der Waals surface area contributed by atoms with Crippen LogP contribution in [0, 0.1) is 5.82 Å². The molecule has 0 bridgehead atoms. The van der Waals surface area contributed by atoms with Gasteiger partial charge in [-0.05, 0) is 37.2 Å². The van der Waals surface area contributed by atoms with Crippen molar-refractivity contribution in [2.24, 2.45) is 5.73 Å². The first-order chi connectivity index (χ1) is 9.55. The van der Waals surface area contributed by atoms with E-state index in [1.54, 1.807) is 0 Å². The molecule has 6 nitrogen and oxygen atoms in total. The summed E-state index contributed by atoms with van der Waals surface area (Å²) >= 11 is 0. The summed E-state index contributed by atoms with van der Waals surface area (Å²) in [5.41, 5.74) is 5.69. The van der Waals surface area contributed by atoms with Gasteiger partial charge in [-0.25, -0.2) is 4.39 Å². The first kappa shape index (κ1) is 14.5. The zero-order valence-electron chi connectivity index (χ0n) is 10.7. The van der Waals surface area contributed by atoms with Gasteiger partial charge in [0.05, 0.1) is 11.9 Å². The Morgan fingerprint density at radius 1 is 1.35 bits per heavy atom. The third-order valence-electron chi connectivity index (χ3n) is 2.70. The van der Waals surface area contributed by atoms with Gasteiger partial charge in [0.15, 0.2) is 5.03 Å². The Morgan fingerprint density at radius 3 is 2.75 bits per heavy atom. The van der Waals surface area contributed by atoms with Crippen LogP contribution in [0.1, 0.15) is 6.42 Å². The first-order valence-corrected chi connectivity index (χ1v) is 7.47. The van der Waals surface area contributed by atoms with E-state index >= 15 is 0 Å². The lowest BCUT2D eigenvalue weighted by Gasteiger charge is -2.23. The van der Waals surface area contributed by atoms with Gasteiger partial charge in [-0.3, -0.25) is 9.40 Å². The molecule has 2 rings (SSSR count). The highest BCUT2D eigenvalue weighted by Gasteiger charge is 2.25. The van der Waals surface area contributed by atoms with Gasteiger partial charge in [0.1, 0.15) is 5.82 Å². The second kappa shape index (κ2) is 6.02. The number of anilines is 1. The highest BCUT2D eigenvalue weighted by molar-refractivity contribution is 7.92. The van der Waals surface area contributed by atoms with Gasteiger partial charge in [0.2, 0.25) is 0 Å². The summed E-state index contributed by atoms with van der Waals surface area (Å²) in [6.07, 6.45) is 1.81. The molecule has 108 valence electrons. The Kier molecular flexibility index (Phi) is 4.35. The molecule has 3 N–H and O–H groups in total. The summed E-state index contributed by atoms with van der Waals surface area (Å²) in [7, 11) is -3.81. The normalized spacial score (nSPS) is 11.5. The molecule has 2 aromatic rings. The van der Waals surface area contributed by atoms with Crippen molar-refractivity contribution in [2.45, 2.75) is 11.4 Å². The number of nitrogens with one attached hydrogen (secondary N) is 1. The predicted octanol–water partition coefficient (Wildman–Crippen LogP) is 1.09. The van der Waals surface area contributed by atoms with Gasteiger partial charge in [0.25, 0.3) is 10.0 Å². The molecule has 20 heavy (non-hydrogen) atoms. The lowest BCUT2D eigenvalue weighted by molar-refractivity contribution is 0.584. The van der Waals surface area contributed by atoms with Crippen LogP contribution in [0.2, 0.25) is 0 Å². The summed E-state index contributed by atoms with van der Waals surface area (Å²) in [6, 6.07) is 6.78. The van der Waals surface area contributed by atoms with E-state index in [0.29, 0.717) is 13.0 Å². The standard InChI is InChI=1S/C12H15FN4O2S/c13-10-3-1-4-11(9-10)17(8-2-6-14)20(18,19)12-5-7-15-16-12/h1,3-5,7,9H,2,6,8,14H2,(H,15,16). The second-order valence-electron chi connectivity index (χ2n) is 4.12. The fourth-order valence-electron chi connectivity index (χ4n) is 1.76. The van der Waals surface area contributed by atoms with E-state index in [0.717, 1.165) is 4.31 Å². The Labute approximate surface area is 116 Å². The number of aromatic nitrogens is 2. The van der Waals surface area contributed by atoms with Gasteiger partial charge < -0.3 is 5.73 Å². The largest absolute Gasteiger partial charge is 0.330 e. The van der Waals surface area contributed by atoms with Crippen LogP contribution in [0.25, 0.3) is 0 Å². The molecule has 1 heterocycles. The van der Waals surface area contributed by atoms with Crippen LogP contribution in [0.15, 0.2) is 41.6 Å². The number of nitrogens with two attached hydrogens (primary N) is 1. The molecule has 0 spiro atoms. The van der Waals surface area contributed by atoms with Crippen LogP contribution < -0.4 is 10.0 Å². The summed E-state index contributed by atoms with van der Waals surface area (Å²) in [5.74, 6) is -0.500. The van der Waals surface area contributed by atoms with E-state index in [1.165, 1.54) is 36.5 Å². The van der Waals surface area contributed by atoms with Crippen molar-refractivity contribution in [1.29, 1.82) is 0 Å². The molecule has 0 radical (unpaired) electrons. The first-order valence-electron chi connectivity index (χ1n) is 6.03. The molecule has 0 saturated heterocycles. The molecule has 0 aliphatic carbocycles. The molecule has 0 unspecified atom stereocenters. The maximum Gasteiger partial charge on any atom is 0.281 e. The van der Waals surface area contributed by atoms with Crippen LogP contribution in [-0.4, -0.2) is 31.7 Å². The average Bonchev–Trinajstić information content (AvgIpc) is 2.93. The quantitative estimate of drug-likeness (QED) is 0.835. The minimum atomic E-state index is -3.81. The summed E-state index contributed by atoms with van der Waals surface area (Å²) in [4.78, 5) is 0. The summed E-state index contributed by atoms with van der Waals surface area (Å²) in [5, 5.41) is 6.00. The summed E-state index contributed by atoms with van der Waals surface area (Å²) < 4.78 is 39.4. The van der Waals surface area contributed by atoms with Crippen LogP contribution in [0.5, 0.6) is 0 Å². The topological polar surface area (TPSA) is 92.1 Å². The predicted molar refractivity (Wildman–Crippen MR) is 73.2 cm³/mol. The Bertz CT molecular complexity index is 658. The van der Waals surface area contributed by atoms with Crippen molar-refractivity contribution in [3.05, 3.63) is 42.3 Å². The zero-order valence-corrected chi connectivity index (χ0v) is 11.5. The highest BCUT2D eigenvalue weighted by Crippen LogP contribution is 2.23. The van der Waals surface area contributed by atoms with Gasteiger partial charge in [-0.15, -0.1) is 0 Å². The third kappa shape index (κ3) is 2.97. The third-order valence-corrected chi connectivity index (χ3v) is 4.46.